The molecule has 3 aliphatic heterocycles. The van der Waals surface area contributed by atoms with Crippen LogP contribution in [0.25, 0.3) is 0 Å². The van der Waals surface area contributed by atoms with E-state index in [9.17, 15) is 4.39 Å². The minimum atomic E-state index is -0.879. The summed E-state index contributed by atoms with van der Waals surface area (Å²) in [6.07, 6.45) is 4.68. The number of hydrazine groups is 1. The molecular weight excluding hydrogens is 323 g/mol. The molecule has 0 aromatic rings. The summed E-state index contributed by atoms with van der Waals surface area (Å²) in [5.74, 6) is 0.421. The SMILES string of the molecule is C[C@@H]1CCNCOCC2CCCC(N2)C2NNC3CC(F)C(CC32)O1. The molecular formula is C18H33FN4O2. The van der Waals surface area contributed by atoms with Crippen LogP contribution in [-0.4, -0.2) is 62.4 Å². The highest BCUT2D eigenvalue weighted by molar-refractivity contribution is 5.04. The van der Waals surface area contributed by atoms with Crippen molar-refractivity contribution in [2.75, 3.05) is 19.9 Å². The lowest BCUT2D eigenvalue weighted by Gasteiger charge is -2.40. The van der Waals surface area contributed by atoms with Crippen LogP contribution < -0.4 is 21.5 Å². The van der Waals surface area contributed by atoms with Gasteiger partial charge in [0, 0.05) is 24.2 Å². The maximum absolute atomic E-state index is 14.6. The largest absolute Gasteiger partial charge is 0.372 e. The summed E-state index contributed by atoms with van der Waals surface area (Å²) in [6.45, 7) is 4.21. The van der Waals surface area contributed by atoms with E-state index in [2.05, 4.69) is 28.4 Å². The van der Waals surface area contributed by atoms with Gasteiger partial charge in [0.15, 0.2) is 0 Å². The van der Waals surface area contributed by atoms with E-state index in [1.54, 1.807) is 0 Å². The van der Waals surface area contributed by atoms with Crippen LogP contribution in [0.4, 0.5) is 4.39 Å². The quantitative estimate of drug-likeness (QED) is 0.516. The maximum Gasteiger partial charge on any atom is 0.128 e. The van der Waals surface area contributed by atoms with Crippen molar-refractivity contribution < 1.29 is 13.9 Å². The first-order chi connectivity index (χ1) is 12.2. The number of nitrogens with one attached hydrogen (secondary N) is 4. The number of hydrogen-bond acceptors (Lipinski definition) is 6. The second kappa shape index (κ2) is 8.15. The Morgan fingerprint density at radius 3 is 2.88 bits per heavy atom. The van der Waals surface area contributed by atoms with Crippen LogP contribution in [0.5, 0.6) is 0 Å². The van der Waals surface area contributed by atoms with E-state index >= 15 is 0 Å². The van der Waals surface area contributed by atoms with E-state index < -0.39 is 6.17 Å². The molecule has 3 saturated heterocycles. The Morgan fingerprint density at radius 2 is 1.96 bits per heavy atom. The summed E-state index contributed by atoms with van der Waals surface area (Å²) >= 11 is 0. The molecule has 4 fully saturated rings. The lowest BCUT2D eigenvalue weighted by molar-refractivity contribution is -0.0794. The van der Waals surface area contributed by atoms with Gasteiger partial charge in [-0.2, -0.15) is 0 Å². The topological polar surface area (TPSA) is 66.6 Å². The van der Waals surface area contributed by atoms with Crippen LogP contribution in [-0.2, 0) is 9.47 Å². The minimum Gasteiger partial charge on any atom is -0.372 e. The second-order valence-corrected chi connectivity index (χ2v) is 8.26. The van der Waals surface area contributed by atoms with E-state index in [0.29, 0.717) is 37.2 Å². The number of ether oxygens (including phenoxy) is 2. The molecule has 1 saturated carbocycles. The first-order valence-electron chi connectivity index (χ1n) is 10.1. The van der Waals surface area contributed by atoms with Gasteiger partial charge in [-0.15, -0.1) is 0 Å². The molecule has 0 amide bonds. The van der Waals surface area contributed by atoms with Gasteiger partial charge in [0.05, 0.1) is 25.5 Å². The number of hydrogen-bond donors (Lipinski definition) is 4. The van der Waals surface area contributed by atoms with Crippen molar-refractivity contribution in [2.45, 2.75) is 88.0 Å². The molecule has 0 radical (unpaired) electrons. The molecule has 144 valence electrons. The van der Waals surface area contributed by atoms with Gasteiger partial charge in [-0.1, -0.05) is 6.42 Å². The summed E-state index contributed by atoms with van der Waals surface area (Å²) in [5.41, 5.74) is 6.84. The first-order valence-corrected chi connectivity index (χ1v) is 10.1. The Bertz CT molecular complexity index is 443. The van der Waals surface area contributed by atoms with Gasteiger partial charge >= 0.3 is 0 Å². The molecule has 3 heterocycles. The van der Waals surface area contributed by atoms with Crippen LogP contribution in [0.1, 0.15) is 45.4 Å². The molecule has 4 N–H and O–H groups in total. The van der Waals surface area contributed by atoms with Crippen LogP contribution in [0.3, 0.4) is 0 Å². The highest BCUT2D eigenvalue weighted by atomic mass is 19.1. The lowest BCUT2D eigenvalue weighted by Crippen LogP contribution is -2.56. The highest BCUT2D eigenvalue weighted by Crippen LogP contribution is 2.36. The van der Waals surface area contributed by atoms with E-state index in [-0.39, 0.29) is 18.2 Å². The van der Waals surface area contributed by atoms with Crippen molar-refractivity contribution >= 4 is 0 Å². The average Bonchev–Trinajstić information content (AvgIpc) is 3.00. The molecule has 4 bridgehead atoms. The van der Waals surface area contributed by atoms with Crippen LogP contribution in [0.2, 0.25) is 0 Å². The van der Waals surface area contributed by atoms with Gasteiger partial charge < -0.3 is 14.8 Å². The molecule has 0 aromatic heterocycles. The molecule has 4 rings (SSSR count). The van der Waals surface area contributed by atoms with Gasteiger partial charge in [-0.3, -0.25) is 16.2 Å². The Balaban J connectivity index is 1.49. The summed E-state index contributed by atoms with van der Waals surface area (Å²) < 4.78 is 26.5. The van der Waals surface area contributed by atoms with Gasteiger partial charge in [0.1, 0.15) is 6.17 Å². The van der Waals surface area contributed by atoms with Crippen LogP contribution in [0.15, 0.2) is 0 Å². The molecule has 4 aliphatic rings. The third-order valence-electron chi connectivity index (χ3n) is 6.41. The zero-order valence-electron chi connectivity index (χ0n) is 15.2. The number of piperidine rings is 1. The zero-order chi connectivity index (χ0) is 17.2. The minimum absolute atomic E-state index is 0.0653. The predicted octanol–water partition coefficient (Wildman–Crippen LogP) is 0.831. The normalized spacial score (nSPS) is 49.2. The van der Waals surface area contributed by atoms with Crippen molar-refractivity contribution in [1.29, 1.82) is 0 Å². The molecule has 1 aliphatic carbocycles. The first kappa shape index (κ1) is 18.1. The third-order valence-corrected chi connectivity index (χ3v) is 6.41. The number of rotatable bonds is 0. The van der Waals surface area contributed by atoms with Crippen molar-refractivity contribution in [3.05, 3.63) is 0 Å². The Morgan fingerprint density at radius 1 is 1.04 bits per heavy atom. The lowest BCUT2D eigenvalue weighted by atomic mass is 9.75. The van der Waals surface area contributed by atoms with Gasteiger partial charge in [0.25, 0.3) is 0 Å². The van der Waals surface area contributed by atoms with Crippen molar-refractivity contribution in [3.8, 4) is 0 Å². The smallest absolute Gasteiger partial charge is 0.128 e. The fraction of sp³-hybridized carbons (Fsp3) is 1.00. The summed E-state index contributed by atoms with van der Waals surface area (Å²) in [4.78, 5) is 0. The Hall–Kier alpha value is -0.310. The average molecular weight is 356 g/mol. The Labute approximate surface area is 149 Å². The zero-order valence-corrected chi connectivity index (χ0v) is 15.2. The van der Waals surface area contributed by atoms with Gasteiger partial charge in [-0.05, 0) is 51.5 Å². The van der Waals surface area contributed by atoms with E-state index in [4.69, 9.17) is 9.47 Å². The van der Waals surface area contributed by atoms with E-state index in [1.165, 1.54) is 12.8 Å². The third kappa shape index (κ3) is 4.17. The second-order valence-electron chi connectivity index (χ2n) is 8.26. The number of fused-ring (bicyclic) bond motifs is 4. The maximum atomic E-state index is 14.6. The molecule has 0 aromatic carbocycles. The number of halogens is 1. The van der Waals surface area contributed by atoms with Crippen molar-refractivity contribution in [2.24, 2.45) is 5.92 Å². The predicted molar refractivity (Wildman–Crippen MR) is 93.8 cm³/mol. The standard InChI is InChI=1S/C18H33FN4O2/c1-11-5-6-20-10-24-9-12-3-2-4-15(21-12)18-13-7-17(25-11)14(19)8-16(13)22-23-18/h11-18,20-23H,2-10H2,1H3/t11-,12?,13?,14?,15?,16?,17?,18?/m1/s1. The summed E-state index contributed by atoms with van der Waals surface area (Å²) in [5, 5.41) is 7.09. The van der Waals surface area contributed by atoms with Gasteiger partial charge in [0.2, 0.25) is 0 Å². The van der Waals surface area contributed by atoms with Gasteiger partial charge in [-0.25, -0.2) is 4.39 Å². The molecule has 7 heteroatoms. The van der Waals surface area contributed by atoms with Crippen molar-refractivity contribution in [1.82, 2.24) is 21.5 Å². The van der Waals surface area contributed by atoms with E-state index in [0.717, 1.165) is 32.4 Å². The highest BCUT2D eigenvalue weighted by Gasteiger charge is 2.48. The summed E-state index contributed by atoms with van der Waals surface area (Å²) in [7, 11) is 0. The number of alkyl halides is 1. The molecule has 25 heavy (non-hydrogen) atoms. The fourth-order valence-corrected chi connectivity index (χ4v) is 5.05. The molecule has 8 atom stereocenters. The summed E-state index contributed by atoms with van der Waals surface area (Å²) in [6, 6.07) is 1.38. The monoisotopic (exact) mass is 356 g/mol. The molecule has 0 spiro atoms. The molecule has 6 nitrogen and oxygen atoms in total. The molecule has 7 unspecified atom stereocenters. The van der Waals surface area contributed by atoms with Crippen molar-refractivity contribution in [3.63, 3.8) is 0 Å². The Kier molecular flexibility index (Phi) is 5.89. The van der Waals surface area contributed by atoms with Crippen LogP contribution in [0, 0.1) is 5.92 Å². The van der Waals surface area contributed by atoms with E-state index in [1.807, 2.05) is 0 Å². The fourth-order valence-electron chi connectivity index (χ4n) is 5.05. The van der Waals surface area contributed by atoms with Crippen LogP contribution >= 0.6 is 0 Å².